The van der Waals surface area contributed by atoms with Crippen LogP contribution in [0.4, 0.5) is 10.1 Å². The third-order valence-corrected chi connectivity index (χ3v) is 6.28. The number of H-pyrrole nitrogens is 2. The lowest BCUT2D eigenvalue weighted by Crippen LogP contribution is -2.13. The van der Waals surface area contributed by atoms with E-state index in [4.69, 9.17) is 11.6 Å². The molecule has 36 heavy (non-hydrogen) atoms. The highest BCUT2D eigenvalue weighted by Crippen LogP contribution is 2.29. The Balaban J connectivity index is 1.51. The highest BCUT2D eigenvalue weighted by Gasteiger charge is 2.17. The summed E-state index contributed by atoms with van der Waals surface area (Å²) < 4.78 is 16.1. The van der Waals surface area contributed by atoms with E-state index in [0.717, 1.165) is 22.3 Å². The minimum atomic E-state index is -0.512. The quantitative estimate of drug-likeness (QED) is 0.277. The molecule has 0 aliphatic carbocycles. The molecule has 0 amide bonds. The molecule has 0 saturated heterocycles. The van der Waals surface area contributed by atoms with Crippen molar-refractivity contribution in [1.29, 1.82) is 0 Å². The van der Waals surface area contributed by atoms with Gasteiger partial charge in [0.25, 0.3) is 5.56 Å². The molecule has 2 aromatic carbocycles. The first kappa shape index (κ1) is 23.7. The van der Waals surface area contributed by atoms with Gasteiger partial charge in [-0.2, -0.15) is 0 Å². The summed E-state index contributed by atoms with van der Waals surface area (Å²) in [4.78, 5) is 32.0. The van der Waals surface area contributed by atoms with Crippen molar-refractivity contribution in [3.63, 3.8) is 0 Å². The van der Waals surface area contributed by atoms with E-state index in [1.165, 1.54) is 24.5 Å². The Morgan fingerprint density at radius 2 is 2.17 bits per heavy atom. The van der Waals surface area contributed by atoms with Crippen molar-refractivity contribution in [2.75, 3.05) is 6.61 Å². The van der Waals surface area contributed by atoms with E-state index in [2.05, 4.69) is 24.9 Å². The molecule has 0 radical (unpaired) electrons. The van der Waals surface area contributed by atoms with Crippen molar-refractivity contribution in [2.45, 2.75) is 13.3 Å². The van der Waals surface area contributed by atoms with Crippen molar-refractivity contribution in [3.8, 4) is 17.1 Å². The lowest BCUT2D eigenvalue weighted by atomic mass is 10.0. The first-order chi connectivity index (χ1) is 17.4. The van der Waals surface area contributed by atoms with Crippen LogP contribution in [0, 0.1) is 18.7 Å². The van der Waals surface area contributed by atoms with Crippen LogP contribution in [0.5, 0.6) is 0 Å². The molecular formula is C26H22ClFN6O2. The molecule has 8 nitrogen and oxygen atoms in total. The predicted octanol–water partition coefficient (Wildman–Crippen LogP) is 4.76. The molecule has 0 spiro atoms. The number of aliphatic imine (C=N–C) groups is 1. The van der Waals surface area contributed by atoms with E-state index < -0.39 is 11.7 Å². The van der Waals surface area contributed by atoms with Crippen LogP contribution in [0.1, 0.15) is 11.1 Å². The lowest BCUT2D eigenvalue weighted by Gasteiger charge is -2.11. The molecule has 3 N–H and O–H groups in total. The number of aliphatic hydroxyl groups is 1. The number of hydrogen-bond donors (Lipinski definition) is 3. The minimum absolute atomic E-state index is 0.158. The number of aryl methyl sites for hydroxylation is 1. The summed E-state index contributed by atoms with van der Waals surface area (Å²) in [6, 6.07) is 10.0. The topological polar surface area (TPSA) is 112 Å². The Morgan fingerprint density at radius 3 is 2.92 bits per heavy atom. The zero-order chi connectivity index (χ0) is 25.2. The predicted molar refractivity (Wildman–Crippen MR) is 138 cm³/mol. The molecule has 0 fully saturated rings. The number of aromatic nitrogens is 5. The number of nitrogens with one attached hydrogen (secondary N) is 2. The molecule has 10 heteroatoms. The number of rotatable bonds is 7. The van der Waals surface area contributed by atoms with Crippen LogP contribution in [0.2, 0.25) is 5.02 Å². The van der Waals surface area contributed by atoms with Gasteiger partial charge in [-0.1, -0.05) is 17.7 Å². The summed E-state index contributed by atoms with van der Waals surface area (Å²) in [6.45, 7) is 1.68. The standard InChI is InChI=1S/C26H22ClFN6O2/c1-15-9-17(34-8-7-29-14-34)11-22-24(15)33-25(32-22)23-21(5-6-30-26(23)36)31-12-16(13-35)10-18-19(27)3-2-4-20(18)28/h2-9,11-12,14,16,35H,10,13H2,1H3,(H,30,36)(H,32,33). The molecular weight excluding hydrogens is 483 g/mol. The molecule has 5 rings (SSSR count). The average Bonchev–Trinajstić information content (AvgIpc) is 3.54. The number of aromatic amines is 2. The van der Waals surface area contributed by atoms with Gasteiger partial charge in [0.1, 0.15) is 17.2 Å². The van der Waals surface area contributed by atoms with Gasteiger partial charge in [0.15, 0.2) is 0 Å². The van der Waals surface area contributed by atoms with Gasteiger partial charge in [0.05, 0.1) is 29.7 Å². The maximum atomic E-state index is 14.2. The second kappa shape index (κ2) is 9.88. The third-order valence-electron chi connectivity index (χ3n) is 5.93. The zero-order valence-corrected chi connectivity index (χ0v) is 20.0. The van der Waals surface area contributed by atoms with Gasteiger partial charge < -0.3 is 19.6 Å². The molecule has 0 saturated carbocycles. The van der Waals surface area contributed by atoms with Crippen molar-refractivity contribution in [1.82, 2.24) is 24.5 Å². The third kappa shape index (κ3) is 4.58. The van der Waals surface area contributed by atoms with E-state index in [-0.39, 0.29) is 29.2 Å². The fraction of sp³-hybridized carbons (Fsp3) is 0.154. The molecule has 1 atom stereocenters. The highest BCUT2D eigenvalue weighted by atomic mass is 35.5. The van der Waals surface area contributed by atoms with E-state index in [0.29, 0.717) is 17.1 Å². The normalized spacial score (nSPS) is 12.6. The molecule has 0 aliphatic heterocycles. The fourth-order valence-corrected chi connectivity index (χ4v) is 4.34. The van der Waals surface area contributed by atoms with E-state index in [1.807, 2.05) is 29.8 Å². The van der Waals surface area contributed by atoms with Gasteiger partial charge in [0.2, 0.25) is 0 Å². The Labute approximate surface area is 210 Å². The number of aliphatic hydroxyl groups excluding tert-OH is 1. The summed E-state index contributed by atoms with van der Waals surface area (Å²) >= 11 is 6.14. The Morgan fingerprint density at radius 1 is 1.31 bits per heavy atom. The molecule has 3 heterocycles. The molecule has 5 aromatic rings. The Bertz CT molecular complexity index is 1600. The summed E-state index contributed by atoms with van der Waals surface area (Å²) in [7, 11) is 0. The summed E-state index contributed by atoms with van der Waals surface area (Å²) in [6.07, 6.45) is 8.41. The molecule has 182 valence electrons. The van der Waals surface area contributed by atoms with Gasteiger partial charge in [0, 0.05) is 47.0 Å². The van der Waals surface area contributed by atoms with Gasteiger partial charge >= 0.3 is 0 Å². The number of halogens is 2. The van der Waals surface area contributed by atoms with Crippen LogP contribution >= 0.6 is 11.6 Å². The van der Waals surface area contributed by atoms with Crippen LogP contribution in [0.25, 0.3) is 28.1 Å². The SMILES string of the molecule is Cc1cc(-n2ccnc2)cc2[nH]c(-c3c(N=CC(CO)Cc4c(F)cccc4Cl)cc[nH]c3=O)nc12. The molecule has 0 bridgehead atoms. The van der Waals surface area contributed by atoms with Gasteiger partial charge in [-0.3, -0.25) is 9.79 Å². The van der Waals surface area contributed by atoms with Crippen LogP contribution in [0.15, 0.2) is 71.1 Å². The van der Waals surface area contributed by atoms with Crippen LogP contribution in [0.3, 0.4) is 0 Å². The molecule has 3 aromatic heterocycles. The van der Waals surface area contributed by atoms with Gasteiger partial charge in [-0.15, -0.1) is 0 Å². The number of pyridine rings is 1. The van der Waals surface area contributed by atoms with Gasteiger partial charge in [-0.05, 0) is 49.2 Å². The monoisotopic (exact) mass is 504 g/mol. The highest BCUT2D eigenvalue weighted by molar-refractivity contribution is 6.31. The van der Waals surface area contributed by atoms with Crippen LogP contribution in [-0.4, -0.2) is 42.4 Å². The van der Waals surface area contributed by atoms with E-state index >= 15 is 0 Å². The molecule has 0 aliphatic rings. The first-order valence-electron chi connectivity index (χ1n) is 11.2. The number of fused-ring (bicyclic) bond motifs is 1. The first-order valence-corrected chi connectivity index (χ1v) is 11.6. The second-order valence-corrected chi connectivity index (χ2v) is 8.81. The maximum absolute atomic E-state index is 14.2. The number of nitrogens with zero attached hydrogens (tertiary/aromatic N) is 4. The average molecular weight is 505 g/mol. The van der Waals surface area contributed by atoms with Crippen LogP contribution < -0.4 is 5.56 Å². The number of hydrogen-bond acceptors (Lipinski definition) is 5. The zero-order valence-electron chi connectivity index (χ0n) is 19.2. The lowest BCUT2D eigenvalue weighted by molar-refractivity contribution is 0.262. The summed E-state index contributed by atoms with van der Waals surface area (Å²) in [5.41, 5.74) is 3.89. The van der Waals surface area contributed by atoms with E-state index in [9.17, 15) is 14.3 Å². The van der Waals surface area contributed by atoms with E-state index in [1.54, 1.807) is 24.7 Å². The van der Waals surface area contributed by atoms with Crippen molar-refractivity contribution in [3.05, 3.63) is 93.6 Å². The minimum Gasteiger partial charge on any atom is -0.396 e. The largest absolute Gasteiger partial charge is 0.396 e. The van der Waals surface area contributed by atoms with Gasteiger partial charge in [-0.25, -0.2) is 14.4 Å². The van der Waals surface area contributed by atoms with Crippen molar-refractivity contribution in [2.24, 2.45) is 10.9 Å². The van der Waals surface area contributed by atoms with Crippen molar-refractivity contribution >= 4 is 34.5 Å². The molecule has 1 unspecified atom stereocenters. The smallest absolute Gasteiger partial charge is 0.261 e. The Kier molecular flexibility index (Phi) is 6.49. The number of benzene rings is 2. The summed E-state index contributed by atoms with van der Waals surface area (Å²) in [5.74, 6) is -0.594. The maximum Gasteiger partial charge on any atom is 0.261 e. The van der Waals surface area contributed by atoms with Crippen molar-refractivity contribution < 1.29 is 9.50 Å². The fourth-order valence-electron chi connectivity index (χ4n) is 4.10. The number of imidazole rings is 2. The van der Waals surface area contributed by atoms with Crippen LogP contribution in [-0.2, 0) is 6.42 Å². The second-order valence-electron chi connectivity index (χ2n) is 8.41. The summed E-state index contributed by atoms with van der Waals surface area (Å²) in [5, 5.41) is 10.2. The Hall–Kier alpha value is -4.08.